The fraction of sp³-hybridized carbons (Fsp3) is 0.455. The maximum Gasteiger partial charge on any atom is 0.361 e. The molecular weight excluding hydrogens is 288 g/mol. The van der Waals surface area contributed by atoms with Crippen LogP contribution < -0.4 is 5.32 Å². The van der Waals surface area contributed by atoms with Gasteiger partial charge in [0.05, 0.1) is 12.1 Å². The first-order valence-electron chi connectivity index (χ1n) is 5.57. The van der Waals surface area contributed by atoms with Crippen molar-refractivity contribution >= 4 is 46.4 Å². The van der Waals surface area contributed by atoms with Crippen molar-refractivity contribution in [2.24, 2.45) is 5.92 Å². The largest absolute Gasteiger partial charge is 0.388 e. The monoisotopic (exact) mass is 300 g/mol. The average Bonchev–Trinajstić information content (AvgIpc) is 2.61. The summed E-state index contributed by atoms with van der Waals surface area (Å²) in [5.74, 6) is -5.64. The summed E-state index contributed by atoms with van der Waals surface area (Å²) in [6.07, 6.45) is -1.16. The van der Waals surface area contributed by atoms with Gasteiger partial charge in [0.15, 0.2) is 11.7 Å². The number of Topliss-reactive ketones (excluding diaryl/α,β-unsaturated/α-hetero) is 1. The minimum Gasteiger partial charge on any atom is -0.388 e. The van der Waals surface area contributed by atoms with Crippen molar-refractivity contribution in [2.75, 3.05) is 0 Å². The number of ketones is 1. The average molecular weight is 300 g/mol. The molecule has 9 heteroatoms. The molecule has 0 saturated carbocycles. The smallest absolute Gasteiger partial charge is 0.361 e. The molecule has 108 valence electrons. The third kappa shape index (κ3) is 3.11. The number of cyclic esters (lactones) is 2. The number of carbonyl (C=O) groups excluding carboxylic acids is 4. The minimum atomic E-state index is -1.64. The van der Waals surface area contributed by atoms with E-state index < -0.39 is 47.4 Å². The number of ether oxygens (including phenoxy) is 1. The Morgan fingerprint density at radius 2 is 1.95 bits per heavy atom. The highest BCUT2D eigenvalue weighted by Gasteiger charge is 2.46. The Labute approximate surface area is 119 Å². The van der Waals surface area contributed by atoms with Crippen molar-refractivity contribution in [1.82, 2.24) is 5.32 Å². The van der Waals surface area contributed by atoms with Crippen molar-refractivity contribution < 1.29 is 29.0 Å². The summed E-state index contributed by atoms with van der Waals surface area (Å²) in [5.41, 5.74) is -0.765. The van der Waals surface area contributed by atoms with Crippen LogP contribution in [-0.4, -0.2) is 51.5 Å². The van der Waals surface area contributed by atoms with Gasteiger partial charge in [0, 0.05) is 0 Å². The van der Waals surface area contributed by atoms with Crippen LogP contribution in [0, 0.1) is 11.3 Å². The van der Waals surface area contributed by atoms with Crippen LogP contribution in [0.3, 0.4) is 0 Å². The number of thiocarbonyl (C=S) groups is 1. The van der Waals surface area contributed by atoms with E-state index >= 15 is 0 Å². The van der Waals surface area contributed by atoms with Gasteiger partial charge >= 0.3 is 11.9 Å². The Hall–Kier alpha value is -2.00. The first-order chi connectivity index (χ1) is 9.16. The van der Waals surface area contributed by atoms with E-state index in [0.717, 1.165) is 0 Å². The SMILES string of the molecule is CC(O)C(=S)C(=O)N[C@@H](C)C(=O)C1C(=N)C(=O)OC1=O. The van der Waals surface area contributed by atoms with Crippen LogP contribution in [0.5, 0.6) is 0 Å². The second-order valence-corrected chi connectivity index (χ2v) is 4.63. The molecule has 1 amide bonds. The number of aliphatic hydroxyl groups is 1. The number of nitrogens with one attached hydrogen (secondary N) is 2. The van der Waals surface area contributed by atoms with Gasteiger partial charge in [0.2, 0.25) is 0 Å². The molecule has 8 nitrogen and oxygen atoms in total. The van der Waals surface area contributed by atoms with Crippen molar-refractivity contribution in [3.8, 4) is 0 Å². The van der Waals surface area contributed by atoms with Crippen molar-refractivity contribution in [2.45, 2.75) is 26.0 Å². The Balaban J connectivity index is 2.76. The molecule has 2 unspecified atom stereocenters. The van der Waals surface area contributed by atoms with Gasteiger partial charge in [0.25, 0.3) is 5.91 Å². The summed E-state index contributed by atoms with van der Waals surface area (Å²) in [4.78, 5) is 45.4. The number of aliphatic hydroxyl groups excluding tert-OH is 1. The van der Waals surface area contributed by atoms with E-state index in [2.05, 4.69) is 22.3 Å². The van der Waals surface area contributed by atoms with Gasteiger partial charge in [-0.2, -0.15) is 0 Å². The van der Waals surface area contributed by atoms with Crippen molar-refractivity contribution in [1.29, 1.82) is 5.41 Å². The lowest BCUT2D eigenvalue weighted by Gasteiger charge is -2.15. The highest BCUT2D eigenvalue weighted by atomic mass is 32.1. The standard InChI is InChI=1S/C11H12N2O6S/c1-3(13-9(16)8(20)4(2)14)7(15)5-6(12)11(18)19-10(5)17/h3-5,12,14H,1-2H3,(H,13,16)/t3-,4?,5?/m0/s1. The lowest BCUT2D eigenvalue weighted by Crippen LogP contribution is -2.47. The van der Waals surface area contributed by atoms with E-state index in [1.165, 1.54) is 13.8 Å². The van der Waals surface area contributed by atoms with E-state index in [4.69, 9.17) is 10.5 Å². The van der Waals surface area contributed by atoms with Crippen LogP contribution in [0.2, 0.25) is 0 Å². The second kappa shape index (κ2) is 5.97. The topological polar surface area (TPSA) is 134 Å². The summed E-state index contributed by atoms with van der Waals surface area (Å²) in [7, 11) is 0. The minimum absolute atomic E-state index is 0.315. The molecule has 1 aliphatic heterocycles. The van der Waals surface area contributed by atoms with Gasteiger partial charge in [-0.05, 0) is 13.8 Å². The molecule has 1 saturated heterocycles. The number of esters is 2. The molecule has 1 fully saturated rings. The van der Waals surface area contributed by atoms with Gasteiger partial charge in [-0.1, -0.05) is 12.2 Å². The Kier molecular flexibility index (Phi) is 4.79. The summed E-state index contributed by atoms with van der Waals surface area (Å²) < 4.78 is 4.15. The summed E-state index contributed by atoms with van der Waals surface area (Å²) >= 11 is 4.64. The molecule has 3 N–H and O–H groups in total. The molecule has 0 aromatic rings. The first kappa shape index (κ1) is 16.1. The van der Waals surface area contributed by atoms with Crippen LogP contribution in [-0.2, 0) is 23.9 Å². The number of carbonyl (C=O) groups is 4. The van der Waals surface area contributed by atoms with Crippen molar-refractivity contribution in [3.05, 3.63) is 0 Å². The Morgan fingerprint density at radius 1 is 1.40 bits per heavy atom. The normalized spacial score (nSPS) is 21.1. The molecule has 1 aliphatic rings. The molecule has 3 atom stereocenters. The highest BCUT2D eigenvalue weighted by Crippen LogP contribution is 2.15. The van der Waals surface area contributed by atoms with Crippen LogP contribution in [0.15, 0.2) is 0 Å². The van der Waals surface area contributed by atoms with E-state index in [0.29, 0.717) is 0 Å². The molecule has 0 bridgehead atoms. The number of hydrogen-bond donors (Lipinski definition) is 3. The zero-order chi connectivity index (χ0) is 15.6. The summed E-state index contributed by atoms with van der Waals surface area (Å²) in [5, 5.41) is 18.6. The lowest BCUT2D eigenvalue weighted by molar-refractivity contribution is -0.153. The predicted molar refractivity (Wildman–Crippen MR) is 69.2 cm³/mol. The summed E-state index contributed by atoms with van der Waals surface area (Å²) in [6.45, 7) is 2.56. The van der Waals surface area contributed by atoms with Gasteiger partial charge in [-0.3, -0.25) is 19.8 Å². The molecule has 20 heavy (non-hydrogen) atoms. The fourth-order valence-corrected chi connectivity index (χ4v) is 1.54. The maximum atomic E-state index is 11.9. The third-order valence-corrected chi connectivity index (χ3v) is 3.13. The first-order valence-corrected chi connectivity index (χ1v) is 5.98. The van der Waals surface area contributed by atoms with E-state index in [9.17, 15) is 19.2 Å². The maximum absolute atomic E-state index is 11.9. The van der Waals surface area contributed by atoms with E-state index in [1.807, 2.05) is 0 Å². The Bertz CT molecular complexity index is 527. The number of rotatable bonds is 5. The molecule has 0 aromatic carbocycles. The van der Waals surface area contributed by atoms with Gasteiger partial charge < -0.3 is 15.2 Å². The van der Waals surface area contributed by atoms with Crippen LogP contribution in [0.4, 0.5) is 0 Å². The molecule has 0 aliphatic carbocycles. The molecule has 1 heterocycles. The van der Waals surface area contributed by atoms with Crippen LogP contribution >= 0.6 is 12.2 Å². The van der Waals surface area contributed by atoms with Crippen LogP contribution in [0.1, 0.15) is 13.8 Å². The Morgan fingerprint density at radius 3 is 2.35 bits per heavy atom. The van der Waals surface area contributed by atoms with Gasteiger partial charge in [0.1, 0.15) is 10.6 Å². The van der Waals surface area contributed by atoms with Gasteiger partial charge in [-0.25, -0.2) is 4.79 Å². The molecule has 0 aromatic heterocycles. The highest BCUT2D eigenvalue weighted by molar-refractivity contribution is 7.82. The molecular formula is C11H12N2O6S. The number of amides is 1. The molecule has 1 rings (SSSR count). The van der Waals surface area contributed by atoms with Crippen LogP contribution in [0.25, 0.3) is 0 Å². The summed E-state index contributed by atoms with van der Waals surface area (Å²) in [6, 6.07) is -1.16. The van der Waals surface area contributed by atoms with Crippen molar-refractivity contribution in [3.63, 3.8) is 0 Å². The number of hydrogen-bond acceptors (Lipinski definition) is 8. The quantitative estimate of drug-likeness (QED) is 0.320. The molecule has 0 spiro atoms. The lowest BCUT2D eigenvalue weighted by atomic mass is 9.95. The van der Waals surface area contributed by atoms with Gasteiger partial charge in [-0.15, -0.1) is 0 Å². The zero-order valence-electron chi connectivity index (χ0n) is 10.6. The fourth-order valence-electron chi connectivity index (χ4n) is 1.48. The zero-order valence-corrected chi connectivity index (χ0v) is 11.4. The van der Waals surface area contributed by atoms with E-state index in [-0.39, 0.29) is 4.86 Å². The molecule has 0 radical (unpaired) electrons. The second-order valence-electron chi connectivity index (χ2n) is 4.19. The third-order valence-electron chi connectivity index (χ3n) is 2.60. The predicted octanol–water partition coefficient (Wildman–Crippen LogP) is -1.47. The van der Waals surface area contributed by atoms with E-state index in [1.54, 1.807) is 0 Å².